The van der Waals surface area contributed by atoms with Crippen molar-refractivity contribution < 1.29 is 28.4 Å². The number of rotatable bonds is 7. The van der Waals surface area contributed by atoms with Crippen LogP contribution in [0.3, 0.4) is 0 Å². The molecule has 0 bridgehead atoms. The number of aryl methyl sites for hydroxylation is 2. The first-order valence-electron chi connectivity index (χ1n) is 9.20. The molecule has 31 heavy (non-hydrogen) atoms. The number of ether oxygens (including phenoxy) is 2. The van der Waals surface area contributed by atoms with Gasteiger partial charge in [-0.05, 0) is 27.7 Å². The molecule has 2 N–H and O–H groups in total. The summed E-state index contributed by atoms with van der Waals surface area (Å²) in [5.41, 5.74) is 6.45. The molecule has 0 spiro atoms. The van der Waals surface area contributed by atoms with E-state index in [1.54, 1.807) is 13.8 Å². The van der Waals surface area contributed by atoms with Crippen molar-refractivity contribution in [3.8, 4) is 0 Å². The molecule has 3 aromatic heterocycles. The number of nitrogens with zero attached hydrogens (tertiary/aromatic N) is 5. The first-order chi connectivity index (χ1) is 14.6. The number of nitrogens with two attached hydrogens (primary N) is 1. The number of hydrogen-bond acceptors (Lipinski definition) is 11. The molecule has 164 valence electrons. The number of furan rings is 1. The van der Waals surface area contributed by atoms with E-state index in [0.29, 0.717) is 0 Å². The topological polar surface area (TPSA) is 179 Å². The Hall–Kier alpha value is -4.03. The van der Waals surface area contributed by atoms with Crippen LogP contribution in [0.2, 0.25) is 0 Å². The maximum Gasteiger partial charge on any atom is 0.342 e. The molecule has 0 aliphatic heterocycles. The molecule has 0 radical (unpaired) electrons. The van der Waals surface area contributed by atoms with Crippen LogP contribution < -0.4 is 5.73 Å². The zero-order valence-corrected chi connectivity index (χ0v) is 17.3. The Labute approximate surface area is 175 Å². The normalized spacial score (nSPS) is 11.0. The number of carbonyl (C=O) groups is 2. The minimum Gasteiger partial charge on any atom is -0.462 e. The molecule has 0 saturated carbocycles. The second-order valence-corrected chi connectivity index (χ2v) is 6.55. The van der Waals surface area contributed by atoms with Gasteiger partial charge < -0.3 is 19.6 Å². The first kappa shape index (κ1) is 21.7. The van der Waals surface area contributed by atoms with Gasteiger partial charge in [-0.25, -0.2) is 9.78 Å². The Morgan fingerprint density at radius 1 is 1.23 bits per heavy atom. The van der Waals surface area contributed by atoms with E-state index in [-0.39, 0.29) is 70.9 Å². The van der Waals surface area contributed by atoms with Gasteiger partial charge in [0.2, 0.25) is 5.71 Å². The fourth-order valence-corrected chi connectivity index (χ4v) is 3.12. The smallest absolute Gasteiger partial charge is 0.342 e. The molecular weight excluding hydrogens is 412 g/mol. The third kappa shape index (κ3) is 4.15. The van der Waals surface area contributed by atoms with Crippen molar-refractivity contribution in [2.24, 2.45) is 0 Å². The van der Waals surface area contributed by atoms with E-state index < -0.39 is 16.9 Å². The third-order valence-electron chi connectivity index (χ3n) is 4.45. The summed E-state index contributed by atoms with van der Waals surface area (Å²) in [5.74, 6) is -1.00. The van der Waals surface area contributed by atoms with Gasteiger partial charge in [0.05, 0.1) is 16.9 Å². The number of aromatic nitrogens is 4. The molecule has 0 fully saturated rings. The largest absolute Gasteiger partial charge is 0.462 e. The van der Waals surface area contributed by atoms with E-state index in [1.165, 1.54) is 18.5 Å². The van der Waals surface area contributed by atoms with E-state index in [0.717, 1.165) is 0 Å². The number of carbonyl (C=O) groups excluding carboxylic acids is 2. The summed E-state index contributed by atoms with van der Waals surface area (Å²) in [6.07, 6.45) is 0. The van der Waals surface area contributed by atoms with Crippen LogP contribution in [0.5, 0.6) is 0 Å². The number of nitro groups is 1. The molecule has 13 heteroatoms. The van der Waals surface area contributed by atoms with Crippen LogP contribution in [0, 0.1) is 30.9 Å². The van der Waals surface area contributed by atoms with Crippen LogP contribution in [0.1, 0.15) is 40.3 Å². The second kappa shape index (κ2) is 8.38. The van der Waals surface area contributed by atoms with Crippen LogP contribution in [0.25, 0.3) is 11.1 Å². The molecule has 13 nitrogen and oxygen atoms in total. The quantitative estimate of drug-likeness (QED) is 0.326. The molecule has 0 aliphatic rings. The molecule has 0 aromatic carbocycles. The maximum absolute atomic E-state index is 12.2. The molecule has 3 rings (SSSR count). The van der Waals surface area contributed by atoms with E-state index in [9.17, 15) is 19.7 Å². The highest BCUT2D eigenvalue weighted by Crippen LogP contribution is 2.29. The number of esters is 2. The molecule has 0 saturated heterocycles. The van der Waals surface area contributed by atoms with Crippen molar-refractivity contribution in [3.63, 3.8) is 0 Å². The lowest BCUT2D eigenvalue weighted by molar-refractivity contribution is -0.386. The van der Waals surface area contributed by atoms with E-state index >= 15 is 0 Å². The standard InChI is InChI=1S/C18H20N6O7/c1-5-29-18(26)13-10(4)31-17-14(13)16(19)20-11(21-17)7-30-12(25)6-23-9(3)15(24(27)28)8(2)22-23/h5-7H2,1-4H3,(H2,19,20,21). The summed E-state index contributed by atoms with van der Waals surface area (Å²) in [7, 11) is 0. The average Bonchev–Trinajstić information content (AvgIpc) is 3.15. The monoisotopic (exact) mass is 432 g/mol. The number of hydrogen-bond donors (Lipinski definition) is 1. The maximum atomic E-state index is 12.2. The predicted molar refractivity (Wildman–Crippen MR) is 105 cm³/mol. The number of nitrogen functional groups attached to an aromatic ring is 1. The molecule has 0 amide bonds. The highest BCUT2D eigenvalue weighted by atomic mass is 16.6. The Kier molecular flexibility index (Phi) is 5.86. The van der Waals surface area contributed by atoms with Gasteiger partial charge in [-0.2, -0.15) is 10.1 Å². The zero-order valence-electron chi connectivity index (χ0n) is 17.3. The Morgan fingerprint density at radius 3 is 2.55 bits per heavy atom. The van der Waals surface area contributed by atoms with Gasteiger partial charge in [0, 0.05) is 0 Å². The summed E-state index contributed by atoms with van der Waals surface area (Å²) in [6.45, 7) is 5.74. The average molecular weight is 432 g/mol. The van der Waals surface area contributed by atoms with Gasteiger partial charge in [0.15, 0.2) is 12.4 Å². The van der Waals surface area contributed by atoms with Gasteiger partial charge in [-0.3, -0.25) is 19.6 Å². The van der Waals surface area contributed by atoms with E-state index in [4.69, 9.17) is 19.6 Å². The SMILES string of the molecule is CCOC(=O)c1c(C)oc2nc(COC(=O)Cn3nc(C)c([N+](=O)[O-])c3C)nc(N)c12. The fraction of sp³-hybridized carbons (Fsp3) is 0.389. The van der Waals surface area contributed by atoms with Gasteiger partial charge >= 0.3 is 17.6 Å². The minimum absolute atomic E-state index is 0.0230. The fourth-order valence-electron chi connectivity index (χ4n) is 3.12. The highest BCUT2D eigenvalue weighted by molar-refractivity contribution is 6.07. The molecule has 0 aliphatic carbocycles. The van der Waals surface area contributed by atoms with Gasteiger partial charge in [0.1, 0.15) is 35.1 Å². The van der Waals surface area contributed by atoms with Crippen LogP contribution in [-0.2, 0) is 27.4 Å². The third-order valence-corrected chi connectivity index (χ3v) is 4.45. The first-order valence-corrected chi connectivity index (χ1v) is 9.20. The lowest BCUT2D eigenvalue weighted by atomic mass is 10.2. The second-order valence-electron chi connectivity index (χ2n) is 6.55. The lowest BCUT2D eigenvalue weighted by Crippen LogP contribution is -2.16. The molecule has 3 aromatic rings. The predicted octanol–water partition coefficient (Wildman–Crippen LogP) is 1.76. The van der Waals surface area contributed by atoms with Crippen molar-refractivity contribution in [2.75, 3.05) is 12.3 Å². The van der Waals surface area contributed by atoms with E-state index in [2.05, 4.69) is 15.1 Å². The van der Waals surface area contributed by atoms with Crippen LogP contribution in [-0.4, -0.2) is 43.2 Å². The van der Waals surface area contributed by atoms with Crippen LogP contribution in [0.15, 0.2) is 4.42 Å². The number of fused-ring (bicyclic) bond motifs is 1. The van der Waals surface area contributed by atoms with Gasteiger partial charge in [-0.1, -0.05) is 0 Å². The molecule has 0 atom stereocenters. The summed E-state index contributed by atoms with van der Waals surface area (Å²) < 4.78 is 16.8. The van der Waals surface area contributed by atoms with Crippen molar-refractivity contribution in [3.05, 3.63) is 38.7 Å². The van der Waals surface area contributed by atoms with Crippen molar-refractivity contribution in [1.29, 1.82) is 0 Å². The molecule has 3 heterocycles. The van der Waals surface area contributed by atoms with Crippen molar-refractivity contribution in [1.82, 2.24) is 19.7 Å². The lowest BCUT2D eigenvalue weighted by Gasteiger charge is -2.06. The van der Waals surface area contributed by atoms with Gasteiger partial charge in [0.25, 0.3) is 0 Å². The summed E-state index contributed by atoms with van der Waals surface area (Å²) in [6, 6.07) is 0. The summed E-state index contributed by atoms with van der Waals surface area (Å²) in [4.78, 5) is 43.0. The van der Waals surface area contributed by atoms with Crippen molar-refractivity contribution in [2.45, 2.75) is 40.8 Å². The van der Waals surface area contributed by atoms with Gasteiger partial charge in [-0.15, -0.1) is 0 Å². The van der Waals surface area contributed by atoms with Crippen LogP contribution in [0.4, 0.5) is 11.5 Å². The molecular formula is C18H20N6O7. The Morgan fingerprint density at radius 2 is 1.94 bits per heavy atom. The minimum atomic E-state index is -0.703. The van der Waals surface area contributed by atoms with Crippen LogP contribution >= 0.6 is 0 Å². The summed E-state index contributed by atoms with van der Waals surface area (Å²) in [5, 5.41) is 15.3. The molecule has 0 unspecified atom stereocenters. The van der Waals surface area contributed by atoms with Crippen molar-refractivity contribution >= 4 is 34.5 Å². The Bertz CT molecular complexity index is 1200. The van der Waals surface area contributed by atoms with E-state index in [1.807, 2.05) is 0 Å². The Balaban J connectivity index is 1.76. The summed E-state index contributed by atoms with van der Waals surface area (Å²) >= 11 is 0. The highest BCUT2D eigenvalue weighted by Gasteiger charge is 2.25. The zero-order chi connectivity index (χ0) is 22.9. The number of anilines is 1.